The summed E-state index contributed by atoms with van der Waals surface area (Å²) in [6, 6.07) is 16.8. The highest BCUT2D eigenvalue weighted by atomic mass is 16.5. The number of hydrogen-bond donors (Lipinski definition) is 2. The van der Waals surface area contributed by atoms with Gasteiger partial charge in [0.2, 0.25) is 0 Å². The van der Waals surface area contributed by atoms with E-state index in [0.717, 1.165) is 24.8 Å². The molecule has 4 nitrogen and oxygen atoms in total. The Kier molecular flexibility index (Phi) is 5.27. The summed E-state index contributed by atoms with van der Waals surface area (Å²) < 4.78 is 5.19. The average molecular weight is 337 g/mol. The molecule has 1 aliphatic rings. The zero-order valence-corrected chi connectivity index (χ0v) is 15.3. The smallest absolute Gasteiger partial charge is 0.191 e. The lowest BCUT2D eigenvalue weighted by atomic mass is 9.92. The number of nitrogens with one attached hydrogen (secondary N) is 2. The van der Waals surface area contributed by atoms with Crippen molar-refractivity contribution in [3.05, 3.63) is 65.2 Å². The van der Waals surface area contributed by atoms with E-state index >= 15 is 0 Å². The van der Waals surface area contributed by atoms with E-state index < -0.39 is 0 Å². The third-order valence-electron chi connectivity index (χ3n) is 5.01. The van der Waals surface area contributed by atoms with E-state index in [0.29, 0.717) is 0 Å². The Morgan fingerprint density at radius 1 is 1.08 bits per heavy atom. The molecule has 0 bridgehead atoms. The van der Waals surface area contributed by atoms with Crippen LogP contribution in [0.3, 0.4) is 0 Å². The second-order valence-corrected chi connectivity index (χ2v) is 6.72. The Bertz CT molecular complexity index is 733. The fourth-order valence-electron chi connectivity index (χ4n) is 3.26. The second kappa shape index (κ2) is 7.60. The van der Waals surface area contributed by atoms with Crippen molar-refractivity contribution < 1.29 is 4.74 Å². The molecule has 0 amide bonds. The van der Waals surface area contributed by atoms with Crippen molar-refractivity contribution in [3.63, 3.8) is 0 Å². The maximum Gasteiger partial charge on any atom is 0.191 e. The molecule has 1 fully saturated rings. The predicted octanol–water partition coefficient (Wildman–Crippen LogP) is 3.40. The molecule has 0 spiro atoms. The van der Waals surface area contributed by atoms with Crippen LogP contribution in [-0.4, -0.2) is 26.7 Å². The number of benzene rings is 2. The molecule has 3 rings (SSSR count). The normalized spacial score (nSPS) is 15.6. The van der Waals surface area contributed by atoms with Gasteiger partial charge < -0.3 is 15.4 Å². The molecule has 0 radical (unpaired) electrons. The first kappa shape index (κ1) is 17.3. The van der Waals surface area contributed by atoms with Gasteiger partial charge in [-0.3, -0.25) is 4.99 Å². The molecule has 0 aromatic heterocycles. The molecule has 0 atom stereocenters. The minimum atomic E-state index is 0.267. The highest BCUT2D eigenvalue weighted by molar-refractivity contribution is 5.79. The van der Waals surface area contributed by atoms with Crippen LogP contribution < -0.4 is 15.4 Å². The summed E-state index contributed by atoms with van der Waals surface area (Å²) in [6.45, 7) is 3.85. The van der Waals surface area contributed by atoms with Crippen molar-refractivity contribution in [2.45, 2.75) is 31.7 Å². The van der Waals surface area contributed by atoms with Gasteiger partial charge in [0.1, 0.15) is 5.75 Å². The molecular formula is C21H27N3O. The van der Waals surface area contributed by atoms with Gasteiger partial charge in [-0.1, -0.05) is 36.4 Å². The van der Waals surface area contributed by atoms with E-state index in [4.69, 9.17) is 4.74 Å². The van der Waals surface area contributed by atoms with Crippen LogP contribution in [0.15, 0.2) is 53.5 Å². The minimum Gasteiger partial charge on any atom is -0.497 e. The second-order valence-electron chi connectivity index (χ2n) is 6.72. The van der Waals surface area contributed by atoms with Gasteiger partial charge in [-0.2, -0.15) is 0 Å². The van der Waals surface area contributed by atoms with E-state index in [1.165, 1.54) is 29.5 Å². The summed E-state index contributed by atoms with van der Waals surface area (Å²) in [6.07, 6.45) is 2.47. The van der Waals surface area contributed by atoms with Gasteiger partial charge in [-0.25, -0.2) is 0 Å². The number of methoxy groups -OCH3 is 1. The van der Waals surface area contributed by atoms with Gasteiger partial charge in [0.25, 0.3) is 0 Å². The number of guanidine groups is 1. The van der Waals surface area contributed by atoms with Crippen LogP contribution in [0, 0.1) is 6.92 Å². The average Bonchev–Trinajstić information content (AvgIpc) is 3.43. The Labute approximate surface area is 150 Å². The quantitative estimate of drug-likeness (QED) is 0.627. The van der Waals surface area contributed by atoms with Crippen LogP contribution >= 0.6 is 0 Å². The lowest BCUT2D eigenvalue weighted by Gasteiger charge is -2.20. The summed E-state index contributed by atoms with van der Waals surface area (Å²) in [4.78, 5) is 4.35. The van der Waals surface area contributed by atoms with E-state index in [1.54, 1.807) is 7.11 Å². The van der Waals surface area contributed by atoms with E-state index in [2.05, 4.69) is 58.9 Å². The van der Waals surface area contributed by atoms with Crippen LogP contribution in [0.1, 0.15) is 29.5 Å². The van der Waals surface area contributed by atoms with Gasteiger partial charge in [-0.15, -0.1) is 0 Å². The Morgan fingerprint density at radius 3 is 2.40 bits per heavy atom. The third-order valence-corrected chi connectivity index (χ3v) is 5.01. The molecule has 132 valence electrons. The lowest BCUT2D eigenvalue weighted by molar-refractivity contribution is 0.414. The lowest BCUT2D eigenvalue weighted by Crippen LogP contribution is -2.41. The monoisotopic (exact) mass is 337 g/mol. The standard InChI is InChI=1S/C21H27N3O/c1-16-6-4-5-7-19(16)21(12-13-21)15-24-20(22-2)23-14-17-8-10-18(25-3)11-9-17/h4-11H,12-15H2,1-3H3,(H2,22,23,24). The Balaban J connectivity index is 1.55. The Hall–Kier alpha value is -2.49. The maximum absolute atomic E-state index is 5.19. The molecule has 0 unspecified atom stereocenters. The van der Waals surface area contributed by atoms with Crippen molar-refractivity contribution >= 4 is 5.96 Å². The highest BCUT2D eigenvalue weighted by Crippen LogP contribution is 2.48. The first-order chi connectivity index (χ1) is 12.2. The Morgan fingerprint density at radius 2 is 1.80 bits per heavy atom. The van der Waals surface area contributed by atoms with Crippen molar-refractivity contribution in [1.29, 1.82) is 0 Å². The molecule has 1 aliphatic carbocycles. The number of aliphatic imine (C=N–C) groups is 1. The molecule has 1 saturated carbocycles. The number of nitrogens with zero attached hydrogens (tertiary/aromatic N) is 1. The first-order valence-electron chi connectivity index (χ1n) is 8.80. The molecule has 0 aliphatic heterocycles. The zero-order chi connectivity index (χ0) is 17.7. The number of aryl methyl sites for hydroxylation is 1. The van der Waals surface area contributed by atoms with Crippen LogP contribution in [0.2, 0.25) is 0 Å². The zero-order valence-electron chi connectivity index (χ0n) is 15.3. The maximum atomic E-state index is 5.19. The predicted molar refractivity (Wildman–Crippen MR) is 103 cm³/mol. The summed E-state index contributed by atoms with van der Waals surface area (Å²) in [5.74, 6) is 1.72. The van der Waals surface area contributed by atoms with Gasteiger partial charge in [0.05, 0.1) is 7.11 Å². The molecule has 25 heavy (non-hydrogen) atoms. The largest absolute Gasteiger partial charge is 0.497 e. The van der Waals surface area contributed by atoms with E-state index in [9.17, 15) is 0 Å². The molecule has 0 saturated heterocycles. The van der Waals surface area contributed by atoms with Crippen LogP contribution in [-0.2, 0) is 12.0 Å². The number of ether oxygens (including phenoxy) is 1. The molecule has 2 aromatic rings. The molecule has 2 N–H and O–H groups in total. The van der Waals surface area contributed by atoms with E-state index in [-0.39, 0.29) is 5.41 Å². The summed E-state index contributed by atoms with van der Waals surface area (Å²) in [5, 5.41) is 6.89. The van der Waals surface area contributed by atoms with Crippen molar-refractivity contribution in [1.82, 2.24) is 10.6 Å². The van der Waals surface area contributed by atoms with Gasteiger partial charge >= 0.3 is 0 Å². The van der Waals surface area contributed by atoms with Gasteiger partial charge in [0, 0.05) is 25.6 Å². The van der Waals surface area contributed by atoms with Crippen LogP contribution in [0.5, 0.6) is 5.75 Å². The molecule has 4 heteroatoms. The molecule has 2 aromatic carbocycles. The van der Waals surface area contributed by atoms with Crippen LogP contribution in [0.4, 0.5) is 0 Å². The fourth-order valence-corrected chi connectivity index (χ4v) is 3.26. The third kappa shape index (κ3) is 4.13. The number of rotatable bonds is 6. The summed E-state index contributed by atoms with van der Waals surface area (Å²) in [5.41, 5.74) is 4.31. The van der Waals surface area contributed by atoms with Crippen molar-refractivity contribution in [2.75, 3.05) is 20.7 Å². The SMILES string of the molecule is CN=C(NCc1ccc(OC)cc1)NCC1(c2ccccc2C)CC1. The highest BCUT2D eigenvalue weighted by Gasteiger charge is 2.44. The number of hydrogen-bond acceptors (Lipinski definition) is 2. The van der Waals surface area contributed by atoms with Crippen LogP contribution in [0.25, 0.3) is 0 Å². The van der Waals surface area contributed by atoms with Gasteiger partial charge in [-0.05, 0) is 48.6 Å². The molecule has 0 heterocycles. The minimum absolute atomic E-state index is 0.267. The van der Waals surface area contributed by atoms with Crippen molar-refractivity contribution in [3.8, 4) is 5.75 Å². The fraction of sp³-hybridized carbons (Fsp3) is 0.381. The summed E-state index contributed by atoms with van der Waals surface area (Å²) in [7, 11) is 3.50. The topological polar surface area (TPSA) is 45.7 Å². The van der Waals surface area contributed by atoms with E-state index in [1.807, 2.05) is 19.2 Å². The first-order valence-corrected chi connectivity index (χ1v) is 8.80. The molecular weight excluding hydrogens is 310 g/mol. The summed E-state index contributed by atoms with van der Waals surface area (Å²) >= 11 is 0. The van der Waals surface area contributed by atoms with Crippen molar-refractivity contribution in [2.24, 2.45) is 4.99 Å². The van der Waals surface area contributed by atoms with Gasteiger partial charge in [0.15, 0.2) is 5.96 Å².